The van der Waals surface area contributed by atoms with Crippen molar-refractivity contribution in [2.45, 2.75) is 134 Å². The van der Waals surface area contributed by atoms with Crippen LogP contribution in [-0.4, -0.2) is 39.4 Å². The predicted molar refractivity (Wildman–Crippen MR) is 171 cm³/mol. The number of nitrogens with zero attached hydrogens (tertiary/aromatic N) is 1. The third-order valence-corrected chi connectivity index (χ3v) is 10.6. The third kappa shape index (κ3) is 9.85. The largest absolute Gasteiger partial charge is 0.390 e. The second kappa shape index (κ2) is 16.9. The van der Waals surface area contributed by atoms with E-state index in [1.807, 2.05) is 12.2 Å². The van der Waals surface area contributed by atoms with Gasteiger partial charge < -0.3 is 10.2 Å². The summed E-state index contributed by atoms with van der Waals surface area (Å²) in [5, 5.41) is 21.9. The maximum absolute atomic E-state index is 11.2. The van der Waals surface area contributed by atoms with Gasteiger partial charge in [-0.2, -0.15) is 0 Å². The van der Waals surface area contributed by atoms with Gasteiger partial charge in [0.15, 0.2) is 0 Å². The van der Waals surface area contributed by atoms with Crippen molar-refractivity contribution in [2.24, 2.45) is 23.7 Å². The Morgan fingerprint density at radius 2 is 1.32 bits per heavy atom. The SMILES string of the molecule is C=CCC(O)(CC=C)C1CCC(CCC)CC1.CCCC1CCC(C2(O)CCN(Cc3ccccc3)CC2)CC1. The van der Waals surface area contributed by atoms with Crippen molar-refractivity contribution in [1.29, 1.82) is 0 Å². The number of aliphatic hydroxyl groups is 2. The van der Waals surface area contributed by atoms with Gasteiger partial charge in [0.25, 0.3) is 0 Å². The lowest BCUT2D eigenvalue weighted by Gasteiger charge is -2.45. The molecule has 0 atom stereocenters. The molecule has 40 heavy (non-hydrogen) atoms. The van der Waals surface area contributed by atoms with Gasteiger partial charge in [-0.3, -0.25) is 4.90 Å². The molecule has 2 aliphatic carbocycles. The molecule has 4 rings (SSSR count). The molecule has 0 aromatic heterocycles. The zero-order valence-electron chi connectivity index (χ0n) is 26.0. The minimum Gasteiger partial charge on any atom is -0.390 e. The van der Waals surface area contributed by atoms with Crippen molar-refractivity contribution in [3.8, 4) is 0 Å². The molecule has 2 N–H and O–H groups in total. The number of rotatable bonds is 12. The second-order valence-electron chi connectivity index (χ2n) is 13.5. The van der Waals surface area contributed by atoms with Crippen LogP contribution < -0.4 is 0 Å². The standard InChI is InChI=1S/C21H33NO.C16H28O/c1-2-6-18-9-11-20(12-10-18)21(23)13-15-22(16-14-21)17-19-7-4-3-5-8-19;1-4-7-14-8-10-15(11-9-14)16(17,12-5-2)13-6-3/h3-5,7-8,18,20,23H,2,6,9-17H2,1H3;5-6,14-15,17H,2-4,7-13H2,1H3. The lowest BCUT2D eigenvalue weighted by Crippen LogP contribution is -2.49. The second-order valence-corrected chi connectivity index (χ2v) is 13.5. The van der Waals surface area contributed by atoms with Gasteiger partial charge in [-0.15, -0.1) is 13.2 Å². The first-order valence-electron chi connectivity index (χ1n) is 16.8. The molecule has 3 fully saturated rings. The third-order valence-electron chi connectivity index (χ3n) is 10.6. The molecule has 0 spiro atoms. The van der Waals surface area contributed by atoms with E-state index in [9.17, 15) is 10.2 Å². The summed E-state index contributed by atoms with van der Waals surface area (Å²) in [6.07, 6.45) is 22.5. The fourth-order valence-corrected chi connectivity index (χ4v) is 8.06. The lowest BCUT2D eigenvalue weighted by molar-refractivity contribution is -0.0822. The van der Waals surface area contributed by atoms with E-state index >= 15 is 0 Å². The van der Waals surface area contributed by atoms with Crippen molar-refractivity contribution in [3.63, 3.8) is 0 Å². The van der Waals surface area contributed by atoms with Crippen LogP contribution in [0, 0.1) is 23.7 Å². The summed E-state index contributed by atoms with van der Waals surface area (Å²) in [4.78, 5) is 2.51. The molecule has 1 heterocycles. The Labute approximate surface area is 247 Å². The van der Waals surface area contributed by atoms with E-state index in [2.05, 4.69) is 62.2 Å². The highest BCUT2D eigenvalue weighted by molar-refractivity contribution is 5.14. The van der Waals surface area contributed by atoms with Crippen LogP contribution in [0.3, 0.4) is 0 Å². The molecule has 3 aliphatic rings. The monoisotopic (exact) mass is 551 g/mol. The van der Waals surface area contributed by atoms with Gasteiger partial charge in [0, 0.05) is 19.6 Å². The first kappa shape index (κ1) is 33.1. The summed E-state index contributed by atoms with van der Waals surface area (Å²) < 4.78 is 0. The van der Waals surface area contributed by atoms with Gasteiger partial charge in [0.1, 0.15) is 0 Å². The molecular weight excluding hydrogens is 490 g/mol. The van der Waals surface area contributed by atoms with E-state index in [1.54, 1.807) is 0 Å². The van der Waals surface area contributed by atoms with E-state index in [-0.39, 0.29) is 5.60 Å². The predicted octanol–water partition coefficient (Wildman–Crippen LogP) is 9.10. The van der Waals surface area contributed by atoms with E-state index in [4.69, 9.17) is 0 Å². The fraction of sp³-hybridized carbons (Fsp3) is 0.730. The number of benzene rings is 1. The smallest absolute Gasteiger partial charge is 0.0744 e. The van der Waals surface area contributed by atoms with Crippen LogP contribution in [0.1, 0.15) is 122 Å². The van der Waals surface area contributed by atoms with Crippen molar-refractivity contribution in [2.75, 3.05) is 13.1 Å². The van der Waals surface area contributed by atoms with E-state index < -0.39 is 5.60 Å². The molecule has 0 amide bonds. The molecule has 3 nitrogen and oxygen atoms in total. The Kier molecular flexibility index (Phi) is 14.0. The Bertz CT molecular complexity index is 817. The molecule has 0 bridgehead atoms. The van der Waals surface area contributed by atoms with Gasteiger partial charge in [0.2, 0.25) is 0 Å². The topological polar surface area (TPSA) is 43.7 Å². The highest BCUT2D eigenvalue weighted by atomic mass is 16.3. The quantitative estimate of drug-likeness (QED) is 0.255. The van der Waals surface area contributed by atoms with Crippen LogP contribution in [0.2, 0.25) is 0 Å². The maximum atomic E-state index is 11.2. The number of likely N-dealkylation sites (tertiary alicyclic amines) is 1. The minimum absolute atomic E-state index is 0.385. The van der Waals surface area contributed by atoms with Crippen LogP contribution in [0.15, 0.2) is 55.6 Å². The summed E-state index contributed by atoms with van der Waals surface area (Å²) >= 11 is 0. The molecule has 1 aromatic rings. The average Bonchev–Trinajstić information content (AvgIpc) is 2.97. The van der Waals surface area contributed by atoms with Crippen LogP contribution in [-0.2, 0) is 6.54 Å². The van der Waals surface area contributed by atoms with Crippen LogP contribution >= 0.6 is 0 Å². The molecule has 1 saturated heterocycles. The van der Waals surface area contributed by atoms with Gasteiger partial charge in [-0.1, -0.05) is 108 Å². The number of piperidine rings is 1. The molecule has 226 valence electrons. The molecule has 3 heteroatoms. The van der Waals surface area contributed by atoms with Crippen LogP contribution in [0.5, 0.6) is 0 Å². The van der Waals surface area contributed by atoms with E-state index in [0.717, 1.165) is 44.3 Å². The van der Waals surface area contributed by atoms with Crippen molar-refractivity contribution >= 4 is 0 Å². The Hall–Kier alpha value is -1.42. The summed E-state index contributed by atoms with van der Waals surface area (Å²) in [6, 6.07) is 10.7. The zero-order chi connectivity index (χ0) is 28.8. The van der Waals surface area contributed by atoms with E-state index in [1.165, 1.54) is 82.6 Å². The summed E-state index contributed by atoms with van der Waals surface area (Å²) in [5.74, 6) is 2.81. The normalized spacial score (nSPS) is 27.3. The molecular formula is C37H61NO2. The zero-order valence-corrected chi connectivity index (χ0v) is 26.0. The minimum atomic E-state index is -0.583. The van der Waals surface area contributed by atoms with E-state index in [0.29, 0.717) is 24.7 Å². The summed E-state index contributed by atoms with van der Waals surface area (Å²) in [5.41, 5.74) is 0.420. The highest BCUT2D eigenvalue weighted by Gasteiger charge is 2.41. The van der Waals surface area contributed by atoms with Gasteiger partial charge in [-0.05, 0) is 80.6 Å². The molecule has 1 aliphatic heterocycles. The van der Waals surface area contributed by atoms with Gasteiger partial charge in [-0.25, -0.2) is 0 Å². The van der Waals surface area contributed by atoms with Gasteiger partial charge >= 0.3 is 0 Å². The summed E-state index contributed by atoms with van der Waals surface area (Å²) in [6.45, 7) is 15.2. The lowest BCUT2D eigenvalue weighted by atomic mass is 9.69. The summed E-state index contributed by atoms with van der Waals surface area (Å²) in [7, 11) is 0. The number of hydrogen-bond acceptors (Lipinski definition) is 3. The Balaban J connectivity index is 0.000000232. The first-order chi connectivity index (χ1) is 19.4. The maximum Gasteiger partial charge on any atom is 0.0744 e. The number of hydrogen-bond donors (Lipinski definition) is 2. The van der Waals surface area contributed by atoms with Crippen LogP contribution in [0.4, 0.5) is 0 Å². The first-order valence-corrected chi connectivity index (χ1v) is 16.8. The van der Waals surface area contributed by atoms with Gasteiger partial charge in [0.05, 0.1) is 11.2 Å². The van der Waals surface area contributed by atoms with Crippen molar-refractivity contribution in [3.05, 3.63) is 61.2 Å². The fourth-order valence-electron chi connectivity index (χ4n) is 8.06. The van der Waals surface area contributed by atoms with Crippen LogP contribution in [0.25, 0.3) is 0 Å². The Morgan fingerprint density at radius 1 is 0.825 bits per heavy atom. The molecule has 0 unspecified atom stereocenters. The molecule has 1 aromatic carbocycles. The molecule has 2 saturated carbocycles. The van der Waals surface area contributed by atoms with Crippen molar-refractivity contribution in [1.82, 2.24) is 4.90 Å². The Morgan fingerprint density at radius 3 is 1.80 bits per heavy atom. The van der Waals surface area contributed by atoms with Crippen molar-refractivity contribution < 1.29 is 10.2 Å². The molecule has 0 radical (unpaired) electrons. The average molecular weight is 552 g/mol. The highest BCUT2D eigenvalue weighted by Crippen LogP contribution is 2.42.